The van der Waals surface area contributed by atoms with Crippen LogP contribution < -0.4 is 5.32 Å². The minimum Gasteiger partial charge on any atom is -0.388 e. The van der Waals surface area contributed by atoms with E-state index in [1.165, 1.54) is 0 Å². The Morgan fingerprint density at radius 2 is 1.88 bits per heavy atom. The SMILES string of the molecule is O[C@H](CCN1CCNCC1)c1ccccc1. The van der Waals surface area contributed by atoms with Crippen molar-refractivity contribution >= 4 is 0 Å². The zero-order chi connectivity index (χ0) is 11.2. The maximum absolute atomic E-state index is 10.0. The summed E-state index contributed by atoms with van der Waals surface area (Å²) in [6.07, 6.45) is 0.500. The van der Waals surface area contributed by atoms with Gasteiger partial charge in [-0.1, -0.05) is 30.3 Å². The fourth-order valence-corrected chi connectivity index (χ4v) is 2.08. The van der Waals surface area contributed by atoms with Gasteiger partial charge in [0.2, 0.25) is 0 Å². The number of nitrogens with one attached hydrogen (secondary N) is 1. The molecule has 0 amide bonds. The van der Waals surface area contributed by atoms with Gasteiger partial charge in [-0.25, -0.2) is 0 Å². The normalized spacial score (nSPS) is 19.6. The molecule has 0 unspecified atom stereocenters. The molecule has 0 aliphatic carbocycles. The molecule has 0 saturated carbocycles. The van der Waals surface area contributed by atoms with Crippen LogP contribution in [0.15, 0.2) is 30.3 Å². The quantitative estimate of drug-likeness (QED) is 0.795. The number of nitrogens with zero attached hydrogens (tertiary/aromatic N) is 1. The van der Waals surface area contributed by atoms with Crippen molar-refractivity contribution in [2.75, 3.05) is 32.7 Å². The van der Waals surface area contributed by atoms with E-state index in [4.69, 9.17) is 0 Å². The molecule has 1 aromatic rings. The molecule has 1 aliphatic heterocycles. The molecule has 1 atom stereocenters. The van der Waals surface area contributed by atoms with Crippen LogP contribution in [0.2, 0.25) is 0 Å². The molecule has 3 heteroatoms. The maximum atomic E-state index is 10.0. The Hall–Kier alpha value is -0.900. The first-order valence-corrected chi connectivity index (χ1v) is 6.02. The van der Waals surface area contributed by atoms with Crippen molar-refractivity contribution in [1.82, 2.24) is 10.2 Å². The smallest absolute Gasteiger partial charge is 0.0802 e. The standard InChI is InChI=1S/C13H20N2O/c16-13(12-4-2-1-3-5-12)6-9-15-10-7-14-8-11-15/h1-5,13-14,16H,6-11H2/t13-/m1/s1. The lowest BCUT2D eigenvalue weighted by atomic mass is 10.1. The van der Waals surface area contributed by atoms with E-state index >= 15 is 0 Å². The van der Waals surface area contributed by atoms with Crippen LogP contribution in [0.4, 0.5) is 0 Å². The summed E-state index contributed by atoms with van der Waals surface area (Å²) in [5.41, 5.74) is 1.03. The number of hydrogen-bond acceptors (Lipinski definition) is 3. The first kappa shape index (κ1) is 11.6. The summed E-state index contributed by atoms with van der Waals surface area (Å²) in [7, 11) is 0. The number of rotatable bonds is 4. The van der Waals surface area contributed by atoms with Gasteiger partial charge in [0.1, 0.15) is 0 Å². The lowest BCUT2D eigenvalue weighted by Gasteiger charge is -2.27. The second-order valence-electron chi connectivity index (χ2n) is 4.31. The predicted octanol–water partition coefficient (Wildman–Crippen LogP) is 1.02. The molecule has 1 saturated heterocycles. The van der Waals surface area contributed by atoms with Crippen LogP contribution in [0.3, 0.4) is 0 Å². The summed E-state index contributed by atoms with van der Waals surface area (Å²) in [6, 6.07) is 9.91. The molecule has 0 aromatic heterocycles. The maximum Gasteiger partial charge on any atom is 0.0802 e. The molecule has 1 aliphatic rings. The minimum atomic E-state index is -0.323. The van der Waals surface area contributed by atoms with Crippen LogP contribution in [0, 0.1) is 0 Å². The molecular formula is C13H20N2O. The van der Waals surface area contributed by atoms with Crippen LogP contribution in [-0.4, -0.2) is 42.7 Å². The van der Waals surface area contributed by atoms with Crippen LogP contribution >= 0.6 is 0 Å². The van der Waals surface area contributed by atoms with E-state index in [-0.39, 0.29) is 6.10 Å². The zero-order valence-electron chi connectivity index (χ0n) is 9.60. The molecule has 3 nitrogen and oxygen atoms in total. The van der Waals surface area contributed by atoms with Crippen molar-refractivity contribution in [2.45, 2.75) is 12.5 Å². The number of aliphatic hydroxyl groups is 1. The molecule has 1 fully saturated rings. The van der Waals surface area contributed by atoms with Gasteiger partial charge >= 0.3 is 0 Å². The largest absolute Gasteiger partial charge is 0.388 e. The summed E-state index contributed by atoms with van der Waals surface area (Å²) in [5, 5.41) is 13.3. The topological polar surface area (TPSA) is 35.5 Å². The Labute approximate surface area is 97.1 Å². The van der Waals surface area contributed by atoms with Gasteiger partial charge in [0.15, 0.2) is 0 Å². The van der Waals surface area contributed by atoms with Gasteiger partial charge in [-0.2, -0.15) is 0 Å². The summed E-state index contributed by atoms with van der Waals surface area (Å²) in [5.74, 6) is 0. The average molecular weight is 220 g/mol. The van der Waals surface area contributed by atoms with E-state index in [1.807, 2.05) is 30.3 Å². The first-order valence-electron chi connectivity index (χ1n) is 6.02. The first-order chi connectivity index (χ1) is 7.86. The number of benzene rings is 1. The second-order valence-corrected chi connectivity index (χ2v) is 4.31. The predicted molar refractivity (Wildman–Crippen MR) is 65.3 cm³/mol. The van der Waals surface area contributed by atoms with Crippen molar-refractivity contribution in [3.63, 3.8) is 0 Å². The number of hydrogen-bond donors (Lipinski definition) is 2. The molecule has 88 valence electrons. The Bertz CT molecular complexity index is 296. The molecule has 0 radical (unpaired) electrons. The monoisotopic (exact) mass is 220 g/mol. The lowest BCUT2D eigenvalue weighted by molar-refractivity contribution is 0.136. The molecular weight excluding hydrogens is 200 g/mol. The van der Waals surface area contributed by atoms with E-state index in [0.29, 0.717) is 0 Å². The van der Waals surface area contributed by atoms with Crippen LogP contribution in [0.25, 0.3) is 0 Å². The molecule has 2 N–H and O–H groups in total. The highest BCUT2D eigenvalue weighted by Crippen LogP contribution is 2.16. The fraction of sp³-hybridized carbons (Fsp3) is 0.538. The number of piperazine rings is 1. The Morgan fingerprint density at radius 3 is 2.56 bits per heavy atom. The summed E-state index contributed by atoms with van der Waals surface area (Å²) in [6.45, 7) is 5.32. The fourth-order valence-electron chi connectivity index (χ4n) is 2.08. The van der Waals surface area contributed by atoms with Crippen molar-refractivity contribution in [2.24, 2.45) is 0 Å². The van der Waals surface area contributed by atoms with Crippen molar-refractivity contribution in [3.8, 4) is 0 Å². The van der Waals surface area contributed by atoms with E-state index < -0.39 is 0 Å². The van der Waals surface area contributed by atoms with Gasteiger partial charge in [0.25, 0.3) is 0 Å². The molecule has 16 heavy (non-hydrogen) atoms. The third kappa shape index (κ3) is 3.30. The van der Waals surface area contributed by atoms with Gasteiger partial charge in [-0.3, -0.25) is 0 Å². The van der Waals surface area contributed by atoms with Crippen molar-refractivity contribution in [1.29, 1.82) is 0 Å². The van der Waals surface area contributed by atoms with Gasteiger partial charge < -0.3 is 15.3 Å². The van der Waals surface area contributed by atoms with E-state index in [9.17, 15) is 5.11 Å². The summed E-state index contributed by atoms with van der Waals surface area (Å²) >= 11 is 0. The molecule has 0 spiro atoms. The minimum absolute atomic E-state index is 0.323. The van der Waals surface area contributed by atoms with Crippen LogP contribution in [0.5, 0.6) is 0 Å². The van der Waals surface area contributed by atoms with E-state index in [2.05, 4.69) is 10.2 Å². The zero-order valence-corrected chi connectivity index (χ0v) is 9.60. The third-order valence-electron chi connectivity index (χ3n) is 3.11. The molecule has 0 bridgehead atoms. The average Bonchev–Trinajstić information content (AvgIpc) is 2.38. The molecule has 1 heterocycles. The second kappa shape index (κ2) is 5.99. The van der Waals surface area contributed by atoms with E-state index in [0.717, 1.165) is 44.7 Å². The molecule has 2 rings (SSSR count). The highest BCUT2D eigenvalue weighted by atomic mass is 16.3. The van der Waals surface area contributed by atoms with Gasteiger partial charge in [-0.15, -0.1) is 0 Å². The summed E-state index contributed by atoms with van der Waals surface area (Å²) in [4.78, 5) is 2.41. The van der Waals surface area contributed by atoms with Crippen LogP contribution in [0.1, 0.15) is 18.1 Å². The van der Waals surface area contributed by atoms with Crippen molar-refractivity contribution < 1.29 is 5.11 Å². The Morgan fingerprint density at radius 1 is 1.19 bits per heavy atom. The van der Waals surface area contributed by atoms with Gasteiger partial charge in [0, 0.05) is 32.7 Å². The van der Waals surface area contributed by atoms with E-state index in [1.54, 1.807) is 0 Å². The summed E-state index contributed by atoms with van der Waals surface area (Å²) < 4.78 is 0. The Balaban J connectivity index is 1.77. The third-order valence-corrected chi connectivity index (χ3v) is 3.11. The van der Waals surface area contributed by atoms with Gasteiger partial charge in [-0.05, 0) is 12.0 Å². The van der Waals surface area contributed by atoms with Crippen molar-refractivity contribution in [3.05, 3.63) is 35.9 Å². The Kier molecular flexibility index (Phi) is 4.34. The highest BCUT2D eigenvalue weighted by molar-refractivity contribution is 5.17. The number of aliphatic hydroxyl groups excluding tert-OH is 1. The highest BCUT2D eigenvalue weighted by Gasteiger charge is 2.12. The van der Waals surface area contributed by atoms with Crippen LogP contribution in [-0.2, 0) is 0 Å². The lowest BCUT2D eigenvalue weighted by Crippen LogP contribution is -2.44. The molecule has 1 aromatic carbocycles. The van der Waals surface area contributed by atoms with Gasteiger partial charge in [0.05, 0.1) is 6.10 Å².